The summed E-state index contributed by atoms with van der Waals surface area (Å²) in [6.07, 6.45) is 3.75. The van der Waals surface area contributed by atoms with Gasteiger partial charge in [0.05, 0.1) is 0 Å². The van der Waals surface area contributed by atoms with Crippen molar-refractivity contribution in [3.05, 3.63) is 116 Å². The van der Waals surface area contributed by atoms with Gasteiger partial charge in [0.2, 0.25) is 0 Å². The lowest BCUT2D eigenvalue weighted by atomic mass is 9.86. The molecule has 6 aromatic rings. The third-order valence-corrected chi connectivity index (χ3v) is 9.91. The molecule has 2 nitrogen and oxygen atoms in total. The summed E-state index contributed by atoms with van der Waals surface area (Å²) >= 11 is 0. The van der Waals surface area contributed by atoms with Crippen molar-refractivity contribution < 1.29 is 4.57 Å². The number of pyridine rings is 1. The quantitative estimate of drug-likeness (QED) is 0.193. The first-order valence-electron chi connectivity index (χ1n) is 11.8. The normalized spacial score (nSPS) is 16.4. The maximum atomic E-state index is 14.4. The number of hydrogen-bond acceptors (Lipinski definition) is 2. The van der Waals surface area contributed by atoms with E-state index in [9.17, 15) is 4.57 Å². The van der Waals surface area contributed by atoms with E-state index in [-0.39, 0.29) is 0 Å². The highest BCUT2D eigenvalue weighted by atomic mass is 31.2. The molecule has 1 aliphatic rings. The van der Waals surface area contributed by atoms with Gasteiger partial charge in [-0.1, -0.05) is 97.1 Å². The molecule has 0 amide bonds. The summed E-state index contributed by atoms with van der Waals surface area (Å²) in [7, 11) is -2.76. The second-order valence-corrected chi connectivity index (χ2v) is 12.0. The van der Waals surface area contributed by atoms with Gasteiger partial charge in [-0.05, 0) is 62.1 Å². The van der Waals surface area contributed by atoms with E-state index in [1.807, 2.05) is 43.3 Å². The van der Waals surface area contributed by atoms with Gasteiger partial charge in [0.1, 0.15) is 7.14 Å². The lowest BCUT2D eigenvalue weighted by molar-refractivity contribution is 0.591. The van der Waals surface area contributed by atoms with Crippen LogP contribution < -0.4 is 10.6 Å². The molecule has 166 valence electrons. The maximum Gasteiger partial charge on any atom is 0.142 e. The first kappa shape index (κ1) is 20.4. The summed E-state index contributed by atoms with van der Waals surface area (Å²) < 4.78 is 14.4. The van der Waals surface area contributed by atoms with Crippen LogP contribution in [0.4, 0.5) is 0 Å². The van der Waals surface area contributed by atoms with E-state index in [1.54, 1.807) is 0 Å². The van der Waals surface area contributed by atoms with Gasteiger partial charge < -0.3 is 4.57 Å². The Morgan fingerprint density at radius 2 is 1.14 bits per heavy atom. The van der Waals surface area contributed by atoms with E-state index >= 15 is 0 Å². The monoisotopic (exact) mass is 467 g/mol. The van der Waals surface area contributed by atoms with Crippen LogP contribution in [0.1, 0.15) is 0 Å². The van der Waals surface area contributed by atoms with Crippen molar-refractivity contribution >= 4 is 39.3 Å². The number of aromatic nitrogens is 1. The largest absolute Gasteiger partial charge is 0.314 e. The Bertz CT molecular complexity index is 1780. The molecule has 0 radical (unpaired) electrons. The number of benzene rings is 5. The molecule has 2 heterocycles. The highest BCUT2D eigenvalue weighted by molar-refractivity contribution is 7.79. The second kappa shape index (κ2) is 7.50. The van der Waals surface area contributed by atoms with Crippen LogP contribution in [0, 0.1) is 0 Å². The first-order chi connectivity index (χ1) is 17.2. The molecular formula is C32H22NOP. The summed E-state index contributed by atoms with van der Waals surface area (Å²) in [6.45, 7) is 1.93. The van der Waals surface area contributed by atoms with Gasteiger partial charge in [-0.15, -0.1) is 0 Å². The Balaban J connectivity index is 1.67. The zero-order valence-corrected chi connectivity index (χ0v) is 20.2. The minimum absolute atomic E-state index is 0.961. The number of rotatable bonds is 2. The fourth-order valence-electron chi connectivity index (χ4n) is 5.86. The van der Waals surface area contributed by atoms with Gasteiger partial charge in [0.25, 0.3) is 0 Å². The average Bonchev–Trinajstić information content (AvgIpc) is 3.15. The van der Waals surface area contributed by atoms with E-state index in [0.29, 0.717) is 0 Å². The lowest BCUT2D eigenvalue weighted by Crippen LogP contribution is -2.11. The molecule has 0 saturated heterocycles. The van der Waals surface area contributed by atoms with Crippen molar-refractivity contribution in [1.29, 1.82) is 0 Å². The molecule has 0 aliphatic carbocycles. The number of nitrogens with zero attached hydrogens (tertiary/aromatic N) is 1. The maximum absolute atomic E-state index is 14.4. The van der Waals surface area contributed by atoms with Crippen LogP contribution >= 0.6 is 7.14 Å². The lowest BCUT2D eigenvalue weighted by Gasteiger charge is -2.20. The van der Waals surface area contributed by atoms with Crippen molar-refractivity contribution in [1.82, 2.24) is 4.98 Å². The molecule has 7 rings (SSSR count). The molecule has 1 unspecified atom stereocenters. The highest BCUT2D eigenvalue weighted by Gasteiger charge is 2.37. The number of hydrogen-bond donors (Lipinski definition) is 0. The molecule has 1 aromatic heterocycles. The van der Waals surface area contributed by atoms with E-state index in [4.69, 9.17) is 0 Å². The van der Waals surface area contributed by atoms with Gasteiger partial charge in [-0.3, -0.25) is 4.98 Å². The minimum Gasteiger partial charge on any atom is -0.314 e. The number of fused-ring (bicyclic) bond motifs is 5. The van der Waals surface area contributed by atoms with Crippen molar-refractivity contribution in [2.24, 2.45) is 0 Å². The predicted molar refractivity (Wildman–Crippen MR) is 148 cm³/mol. The fraction of sp³-hybridized carbons (Fsp3) is 0.0312. The molecule has 0 fully saturated rings. The van der Waals surface area contributed by atoms with Gasteiger partial charge >= 0.3 is 0 Å². The molecule has 0 bridgehead atoms. The molecule has 5 aromatic carbocycles. The zero-order chi connectivity index (χ0) is 23.6. The zero-order valence-electron chi connectivity index (χ0n) is 19.3. The smallest absolute Gasteiger partial charge is 0.142 e. The molecule has 35 heavy (non-hydrogen) atoms. The first-order valence-corrected chi connectivity index (χ1v) is 14.0. The van der Waals surface area contributed by atoms with Crippen LogP contribution in [0.25, 0.3) is 54.9 Å². The van der Waals surface area contributed by atoms with Crippen LogP contribution in [-0.2, 0) is 4.57 Å². The van der Waals surface area contributed by atoms with Crippen molar-refractivity contribution in [3.8, 4) is 33.4 Å². The summed E-state index contributed by atoms with van der Waals surface area (Å²) in [5.74, 6) is 0. The molecule has 0 saturated carbocycles. The minimum atomic E-state index is -2.76. The second-order valence-electron chi connectivity index (χ2n) is 9.23. The Morgan fingerprint density at radius 1 is 0.571 bits per heavy atom. The van der Waals surface area contributed by atoms with Crippen molar-refractivity contribution in [2.75, 3.05) is 6.66 Å². The summed E-state index contributed by atoms with van der Waals surface area (Å²) in [6, 6.07) is 35.8. The van der Waals surface area contributed by atoms with E-state index in [2.05, 4.69) is 83.8 Å². The van der Waals surface area contributed by atoms with Crippen molar-refractivity contribution in [2.45, 2.75) is 0 Å². The third kappa shape index (κ3) is 2.84. The molecular weight excluding hydrogens is 445 g/mol. The van der Waals surface area contributed by atoms with Gasteiger partial charge in [-0.25, -0.2) is 0 Å². The Kier molecular flexibility index (Phi) is 4.37. The molecule has 1 aliphatic heterocycles. The Labute approximate surface area is 204 Å². The molecule has 0 N–H and O–H groups in total. The van der Waals surface area contributed by atoms with E-state index < -0.39 is 7.14 Å². The topological polar surface area (TPSA) is 30.0 Å². The van der Waals surface area contributed by atoms with Crippen molar-refractivity contribution in [3.63, 3.8) is 0 Å². The molecule has 1 atom stereocenters. The summed E-state index contributed by atoms with van der Waals surface area (Å²) in [4.78, 5) is 4.41. The van der Waals surface area contributed by atoms with Gasteiger partial charge in [-0.2, -0.15) is 0 Å². The van der Waals surface area contributed by atoms with Gasteiger partial charge in [0.15, 0.2) is 0 Å². The van der Waals surface area contributed by atoms with Crippen LogP contribution in [0.15, 0.2) is 116 Å². The average molecular weight is 468 g/mol. The summed E-state index contributed by atoms with van der Waals surface area (Å²) in [5, 5.41) is 6.61. The van der Waals surface area contributed by atoms with E-state index in [0.717, 1.165) is 49.2 Å². The molecule has 0 spiro atoms. The van der Waals surface area contributed by atoms with Crippen LogP contribution in [-0.4, -0.2) is 11.6 Å². The van der Waals surface area contributed by atoms with Gasteiger partial charge in [0, 0.05) is 28.6 Å². The van der Waals surface area contributed by atoms with Crippen LogP contribution in [0.5, 0.6) is 0 Å². The molecule has 3 heteroatoms. The highest BCUT2D eigenvalue weighted by Crippen LogP contribution is 2.54. The third-order valence-electron chi connectivity index (χ3n) is 7.27. The van der Waals surface area contributed by atoms with E-state index in [1.165, 1.54) is 16.3 Å². The SMILES string of the molecule is CP1(=O)c2ccccc2-c2cccc(-c3c4ccccc4c(-c4cccnc4)c4ccccc34)c21. The predicted octanol–water partition coefficient (Wildman–Crippen LogP) is 7.65. The Hall–Kier alpha value is -4.00. The fourth-order valence-corrected chi connectivity index (χ4v) is 8.42. The van der Waals surface area contributed by atoms with Crippen LogP contribution in [0.2, 0.25) is 0 Å². The summed E-state index contributed by atoms with van der Waals surface area (Å²) in [5.41, 5.74) is 6.68. The van der Waals surface area contributed by atoms with Crippen LogP contribution in [0.3, 0.4) is 0 Å². The Morgan fingerprint density at radius 3 is 1.80 bits per heavy atom. The standard InChI is InChI=1S/C32H22NOP/c1-35(34)29-18-7-6-11-22(29)27-16-8-17-28(32(27)35)31-25-14-4-2-12-23(25)30(21-10-9-19-33-20-21)24-13-3-5-15-26(24)31/h2-20H,1H3.